The van der Waals surface area contributed by atoms with Crippen molar-refractivity contribution < 1.29 is 22.4 Å². The summed E-state index contributed by atoms with van der Waals surface area (Å²) in [5, 5.41) is 9.84. The largest absolute Gasteiger partial charge is 0.417 e. The topological polar surface area (TPSA) is 59.8 Å². The Morgan fingerprint density at radius 2 is 1.83 bits per heavy atom. The molecule has 0 aliphatic heterocycles. The molecule has 1 aromatic heterocycles. The first-order valence-corrected chi connectivity index (χ1v) is 9.81. The highest BCUT2D eigenvalue weighted by molar-refractivity contribution is 8.00. The molecule has 11 heteroatoms. The number of anilines is 1. The minimum absolute atomic E-state index is 0.0193. The van der Waals surface area contributed by atoms with E-state index in [1.807, 2.05) is 0 Å². The van der Waals surface area contributed by atoms with E-state index in [9.17, 15) is 22.4 Å². The van der Waals surface area contributed by atoms with E-state index in [1.165, 1.54) is 18.2 Å². The summed E-state index contributed by atoms with van der Waals surface area (Å²) in [6, 6.07) is 8.87. The lowest BCUT2D eigenvalue weighted by molar-refractivity contribution is -0.137. The van der Waals surface area contributed by atoms with Crippen LogP contribution < -0.4 is 5.32 Å². The van der Waals surface area contributed by atoms with Crippen LogP contribution in [0.4, 0.5) is 23.2 Å². The molecule has 30 heavy (non-hydrogen) atoms. The van der Waals surface area contributed by atoms with Gasteiger partial charge in [-0.3, -0.25) is 4.79 Å². The molecular formula is C19H15ClF4N4OS. The normalized spacial score (nSPS) is 12.6. The lowest BCUT2D eigenvalue weighted by Gasteiger charge is -2.14. The SMILES string of the molecule is CC(Sc1nnc(-c2ccc(F)cc2)n1C)C(=O)Nc1ccc(Cl)c(C(F)(F)F)c1. The number of nitrogens with one attached hydrogen (secondary N) is 1. The van der Waals surface area contributed by atoms with Gasteiger partial charge in [-0.05, 0) is 49.4 Å². The molecule has 1 heterocycles. The summed E-state index contributed by atoms with van der Waals surface area (Å²) in [4.78, 5) is 12.4. The second-order valence-corrected chi connectivity index (χ2v) is 8.03. The van der Waals surface area contributed by atoms with Gasteiger partial charge in [0.1, 0.15) is 5.82 Å². The molecule has 0 aliphatic carbocycles. The number of hydrogen-bond acceptors (Lipinski definition) is 4. The minimum Gasteiger partial charge on any atom is -0.325 e. The number of rotatable bonds is 5. The third-order valence-electron chi connectivity index (χ3n) is 4.13. The van der Waals surface area contributed by atoms with Crippen LogP contribution in [-0.2, 0) is 18.0 Å². The van der Waals surface area contributed by atoms with Crippen LogP contribution in [0, 0.1) is 5.82 Å². The Labute approximate surface area is 178 Å². The number of halogens is 5. The van der Waals surface area contributed by atoms with Crippen LogP contribution in [0.25, 0.3) is 11.4 Å². The highest BCUT2D eigenvalue weighted by Crippen LogP contribution is 2.36. The van der Waals surface area contributed by atoms with Crippen LogP contribution in [0.3, 0.4) is 0 Å². The first kappa shape index (κ1) is 22.1. The van der Waals surface area contributed by atoms with Gasteiger partial charge in [-0.2, -0.15) is 13.2 Å². The number of aromatic nitrogens is 3. The Bertz CT molecular complexity index is 1070. The summed E-state index contributed by atoms with van der Waals surface area (Å²) in [5.74, 6) is -0.406. The Balaban J connectivity index is 1.72. The molecule has 0 radical (unpaired) electrons. The lowest BCUT2D eigenvalue weighted by Crippen LogP contribution is -2.23. The number of thioether (sulfide) groups is 1. The van der Waals surface area contributed by atoms with Gasteiger partial charge in [-0.1, -0.05) is 23.4 Å². The van der Waals surface area contributed by atoms with E-state index in [0.29, 0.717) is 16.5 Å². The third kappa shape index (κ3) is 4.93. The molecule has 0 saturated heterocycles. The van der Waals surface area contributed by atoms with Crippen molar-refractivity contribution in [2.75, 3.05) is 5.32 Å². The first-order valence-electron chi connectivity index (χ1n) is 8.56. The van der Waals surface area contributed by atoms with Gasteiger partial charge in [0.15, 0.2) is 11.0 Å². The van der Waals surface area contributed by atoms with Gasteiger partial charge in [0.2, 0.25) is 5.91 Å². The predicted octanol–water partition coefficient (Wildman–Crippen LogP) is 5.41. The molecule has 1 atom stereocenters. The van der Waals surface area contributed by atoms with Crippen molar-refractivity contribution >= 4 is 35.0 Å². The van der Waals surface area contributed by atoms with Crippen molar-refractivity contribution in [1.82, 2.24) is 14.8 Å². The molecule has 0 saturated carbocycles. The second-order valence-electron chi connectivity index (χ2n) is 6.31. The predicted molar refractivity (Wildman–Crippen MR) is 107 cm³/mol. The molecule has 2 aromatic carbocycles. The van der Waals surface area contributed by atoms with Crippen molar-refractivity contribution in [3.05, 3.63) is 58.9 Å². The number of carbonyl (C=O) groups excluding carboxylic acids is 1. The molecule has 0 aliphatic rings. The quantitative estimate of drug-likeness (QED) is 0.410. The van der Waals surface area contributed by atoms with Gasteiger partial charge in [0, 0.05) is 18.3 Å². The van der Waals surface area contributed by atoms with Gasteiger partial charge in [0.25, 0.3) is 0 Å². The molecule has 3 aromatic rings. The van der Waals surface area contributed by atoms with Crippen LogP contribution in [0.1, 0.15) is 12.5 Å². The van der Waals surface area contributed by atoms with Crippen LogP contribution in [0.2, 0.25) is 5.02 Å². The van der Waals surface area contributed by atoms with Crippen LogP contribution in [0.5, 0.6) is 0 Å². The fourth-order valence-corrected chi connectivity index (χ4v) is 3.58. The van der Waals surface area contributed by atoms with E-state index in [4.69, 9.17) is 11.6 Å². The molecule has 1 amide bonds. The molecule has 158 valence electrons. The number of nitrogens with zero attached hydrogens (tertiary/aromatic N) is 3. The molecule has 1 N–H and O–H groups in total. The third-order valence-corrected chi connectivity index (χ3v) is 5.59. The Morgan fingerprint density at radius 1 is 1.17 bits per heavy atom. The van der Waals surface area contributed by atoms with E-state index in [2.05, 4.69) is 15.5 Å². The first-order chi connectivity index (χ1) is 14.1. The van der Waals surface area contributed by atoms with Gasteiger partial charge in [-0.15, -0.1) is 10.2 Å². The summed E-state index contributed by atoms with van der Waals surface area (Å²) in [7, 11) is 1.69. The van der Waals surface area contributed by atoms with Gasteiger partial charge in [0.05, 0.1) is 15.8 Å². The summed E-state index contributed by atoms with van der Waals surface area (Å²) < 4.78 is 53.7. The van der Waals surface area contributed by atoms with E-state index >= 15 is 0 Å². The van der Waals surface area contributed by atoms with Crippen molar-refractivity contribution in [3.8, 4) is 11.4 Å². The second kappa shape index (κ2) is 8.65. The zero-order valence-corrected chi connectivity index (χ0v) is 17.2. The fraction of sp³-hybridized carbons (Fsp3) is 0.211. The summed E-state index contributed by atoms with van der Waals surface area (Å²) in [6.07, 6.45) is -4.63. The minimum atomic E-state index is -4.63. The number of hydrogen-bond donors (Lipinski definition) is 1. The highest BCUT2D eigenvalue weighted by Gasteiger charge is 2.33. The van der Waals surface area contributed by atoms with Crippen molar-refractivity contribution in [2.45, 2.75) is 23.5 Å². The molecule has 0 bridgehead atoms. The fourth-order valence-electron chi connectivity index (χ4n) is 2.54. The summed E-state index contributed by atoms with van der Waals surface area (Å²) in [6.45, 7) is 1.59. The zero-order chi connectivity index (χ0) is 22.1. The van der Waals surface area contributed by atoms with Crippen molar-refractivity contribution in [3.63, 3.8) is 0 Å². The molecule has 5 nitrogen and oxygen atoms in total. The van der Waals surface area contributed by atoms with E-state index in [1.54, 1.807) is 30.7 Å². The maximum absolute atomic E-state index is 13.1. The van der Waals surface area contributed by atoms with E-state index < -0.39 is 27.9 Å². The van der Waals surface area contributed by atoms with Crippen molar-refractivity contribution in [2.24, 2.45) is 7.05 Å². The summed E-state index contributed by atoms with van der Waals surface area (Å²) in [5.41, 5.74) is -0.398. The van der Waals surface area contributed by atoms with Gasteiger partial charge in [-0.25, -0.2) is 4.39 Å². The molecular weight excluding hydrogens is 444 g/mol. The Morgan fingerprint density at radius 3 is 2.47 bits per heavy atom. The average molecular weight is 459 g/mol. The number of carbonyl (C=O) groups is 1. The maximum Gasteiger partial charge on any atom is 0.417 e. The average Bonchev–Trinajstić information content (AvgIpc) is 3.03. The molecule has 1 unspecified atom stereocenters. The zero-order valence-electron chi connectivity index (χ0n) is 15.7. The number of alkyl halides is 3. The van der Waals surface area contributed by atoms with E-state index in [0.717, 1.165) is 23.9 Å². The maximum atomic E-state index is 13.1. The standard InChI is InChI=1S/C19H15ClF4N4OS/c1-10(17(29)25-13-7-8-15(20)14(9-13)19(22,23)24)30-18-27-26-16(28(18)2)11-3-5-12(21)6-4-11/h3-10H,1-2H3,(H,25,29). The lowest BCUT2D eigenvalue weighted by atomic mass is 10.2. The van der Waals surface area contributed by atoms with Gasteiger partial charge >= 0.3 is 6.18 Å². The molecule has 0 spiro atoms. The van der Waals surface area contributed by atoms with E-state index in [-0.39, 0.29) is 11.5 Å². The van der Waals surface area contributed by atoms with Crippen LogP contribution >= 0.6 is 23.4 Å². The highest BCUT2D eigenvalue weighted by atomic mass is 35.5. The Hall–Kier alpha value is -2.59. The number of amides is 1. The van der Waals surface area contributed by atoms with Crippen LogP contribution in [0.15, 0.2) is 47.6 Å². The molecule has 3 rings (SSSR count). The number of benzene rings is 2. The van der Waals surface area contributed by atoms with Gasteiger partial charge < -0.3 is 9.88 Å². The smallest absolute Gasteiger partial charge is 0.325 e. The Kier molecular flexibility index (Phi) is 6.37. The van der Waals surface area contributed by atoms with Crippen molar-refractivity contribution in [1.29, 1.82) is 0 Å². The van der Waals surface area contributed by atoms with Crippen LogP contribution in [-0.4, -0.2) is 25.9 Å². The molecule has 0 fully saturated rings. The monoisotopic (exact) mass is 458 g/mol. The summed E-state index contributed by atoms with van der Waals surface area (Å²) >= 11 is 6.67.